The highest BCUT2D eigenvalue weighted by atomic mass is 16.5. The molecule has 0 aliphatic heterocycles. The minimum atomic E-state index is -0.574. The second-order valence-corrected chi connectivity index (χ2v) is 8.83. The Morgan fingerprint density at radius 3 is 2.81 bits per heavy atom. The topological polar surface area (TPSA) is 115 Å². The number of ether oxygens (including phenoxy) is 1. The third-order valence-corrected chi connectivity index (χ3v) is 6.36. The number of pyridine rings is 2. The van der Waals surface area contributed by atoms with Gasteiger partial charge in [0.15, 0.2) is 5.82 Å². The summed E-state index contributed by atoms with van der Waals surface area (Å²) in [4.78, 5) is 23.1. The van der Waals surface area contributed by atoms with Gasteiger partial charge in [0, 0.05) is 37.1 Å². The van der Waals surface area contributed by atoms with Gasteiger partial charge < -0.3 is 14.1 Å². The number of fused-ring (bicyclic) bond motifs is 1. The maximum Gasteiger partial charge on any atom is 0.253 e. The van der Waals surface area contributed by atoms with Gasteiger partial charge in [-0.05, 0) is 69.8 Å². The van der Waals surface area contributed by atoms with Gasteiger partial charge in [-0.15, -0.1) is 5.10 Å². The first-order valence-electron chi connectivity index (χ1n) is 12.2. The van der Waals surface area contributed by atoms with Crippen molar-refractivity contribution in [1.82, 2.24) is 35.1 Å². The highest BCUT2D eigenvalue weighted by Gasteiger charge is 2.31. The Hall–Kier alpha value is -4.15. The quantitative estimate of drug-likeness (QED) is 0.294. The summed E-state index contributed by atoms with van der Waals surface area (Å²) in [5.74, 6) is 1.30. The van der Waals surface area contributed by atoms with Crippen molar-refractivity contribution in [2.24, 2.45) is 0 Å². The predicted octanol–water partition coefficient (Wildman–Crippen LogP) is 3.50. The van der Waals surface area contributed by atoms with Crippen LogP contribution in [0.25, 0.3) is 10.9 Å². The second kappa shape index (κ2) is 11.3. The SMILES string of the molecule is CCc1ccc2[nH]c(=O)c([C@@H](c3nnnn3CCOC)N(Cc3cccnc3)Cc3ccco3)cc2c1. The molecule has 0 aliphatic rings. The second-order valence-electron chi connectivity index (χ2n) is 8.83. The van der Waals surface area contributed by atoms with Gasteiger partial charge in [-0.25, -0.2) is 4.68 Å². The molecule has 10 nitrogen and oxygen atoms in total. The molecule has 5 aromatic rings. The Morgan fingerprint density at radius 2 is 2.05 bits per heavy atom. The summed E-state index contributed by atoms with van der Waals surface area (Å²) in [7, 11) is 1.63. The standard InChI is InChI=1S/C27H29N7O3/c1-3-19-8-9-24-21(14-19)15-23(27(35)29-24)25(26-30-31-32-34(26)11-13-36-2)33(18-22-7-5-12-37-22)17-20-6-4-10-28-16-20/h4-10,12,14-16,25H,3,11,13,17-18H2,1-2H3,(H,29,35)/t25-/m0/s1. The Kier molecular flexibility index (Phi) is 7.48. The van der Waals surface area contributed by atoms with Crippen LogP contribution in [0.15, 0.2) is 76.4 Å². The van der Waals surface area contributed by atoms with Gasteiger partial charge in [0.05, 0.1) is 26.0 Å². The Balaban J connectivity index is 1.68. The van der Waals surface area contributed by atoms with Crippen molar-refractivity contribution in [3.8, 4) is 0 Å². The van der Waals surface area contributed by atoms with Crippen molar-refractivity contribution in [1.29, 1.82) is 0 Å². The Labute approximate surface area is 213 Å². The van der Waals surface area contributed by atoms with E-state index in [4.69, 9.17) is 9.15 Å². The van der Waals surface area contributed by atoms with Gasteiger partial charge in [0.1, 0.15) is 11.8 Å². The molecule has 1 N–H and O–H groups in total. The molecule has 10 heteroatoms. The van der Waals surface area contributed by atoms with E-state index in [0.29, 0.717) is 37.6 Å². The minimum Gasteiger partial charge on any atom is -0.468 e. The van der Waals surface area contributed by atoms with Gasteiger partial charge in [0.25, 0.3) is 5.56 Å². The molecule has 0 spiro atoms. The number of aromatic amines is 1. The zero-order valence-electron chi connectivity index (χ0n) is 20.9. The number of rotatable bonds is 11. The zero-order chi connectivity index (χ0) is 25.6. The van der Waals surface area contributed by atoms with Crippen molar-refractivity contribution < 1.29 is 9.15 Å². The molecule has 5 rings (SSSR count). The Morgan fingerprint density at radius 1 is 1.14 bits per heavy atom. The van der Waals surface area contributed by atoms with Crippen LogP contribution >= 0.6 is 0 Å². The number of furan rings is 1. The Bertz CT molecular complexity index is 1500. The van der Waals surface area contributed by atoms with E-state index in [-0.39, 0.29) is 5.56 Å². The maximum atomic E-state index is 13.6. The van der Waals surface area contributed by atoms with Crippen molar-refractivity contribution in [3.05, 3.63) is 106 Å². The van der Waals surface area contributed by atoms with E-state index in [0.717, 1.165) is 28.6 Å². The van der Waals surface area contributed by atoms with Gasteiger partial charge in [-0.2, -0.15) is 0 Å². The highest BCUT2D eigenvalue weighted by Crippen LogP contribution is 2.30. The molecule has 4 heterocycles. The summed E-state index contributed by atoms with van der Waals surface area (Å²) in [5, 5.41) is 13.5. The van der Waals surface area contributed by atoms with Crippen LogP contribution in [0.2, 0.25) is 0 Å². The molecule has 1 aromatic carbocycles. The van der Waals surface area contributed by atoms with Crippen molar-refractivity contribution in [3.63, 3.8) is 0 Å². The first-order valence-corrected chi connectivity index (χ1v) is 12.2. The molecule has 0 amide bonds. The minimum absolute atomic E-state index is 0.196. The molecular formula is C27H29N7O3. The fourth-order valence-electron chi connectivity index (χ4n) is 4.51. The molecular weight excluding hydrogens is 470 g/mol. The highest BCUT2D eigenvalue weighted by molar-refractivity contribution is 5.80. The number of nitrogens with zero attached hydrogens (tertiary/aromatic N) is 6. The van der Waals surface area contributed by atoms with Gasteiger partial charge in [-0.3, -0.25) is 14.7 Å². The lowest BCUT2D eigenvalue weighted by atomic mass is 10.0. The summed E-state index contributed by atoms with van der Waals surface area (Å²) >= 11 is 0. The lowest BCUT2D eigenvalue weighted by Gasteiger charge is -2.30. The van der Waals surface area contributed by atoms with Gasteiger partial charge in [-0.1, -0.05) is 19.1 Å². The smallest absolute Gasteiger partial charge is 0.253 e. The number of aromatic nitrogens is 6. The molecule has 0 aliphatic carbocycles. The number of hydrogen-bond acceptors (Lipinski definition) is 8. The number of hydrogen-bond donors (Lipinski definition) is 1. The normalized spacial score (nSPS) is 12.4. The molecule has 0 saturated carbocycles. The summed E-state index contributed by atoms with van der Waals surface area (Å²) in [6.07, 6.45) is 6.10. The number of aryl methyl sites for hydroxylation is 1. The molecule has 4 aromatic heterocycles. The van der Waals surface area contributed by atoms with E-state index < -0.39 is 6.04 Å². The number of nitrogens with one attached hydrogen (secondary N) is 1. The first-order chi connectivity index (χ1) is 18.2. The number of tetrazole rings is 1. The van der Waals surface area contributed by atoms with E-state index in [1.807, 2.05) is 48.7 Å². The zero-order valence-corrected chi connectivity index (χ0v) is 20.9. The lowest BCUT2D eigenvalue weighted by Crippen LogP contribution is -2.35. The molecule has 0 unspecified atom stereocenters. The third-order valence-electron chi connectivity index (χ3n) is 6.36. The van der Waals surface area contributed by atoms with Gasteiger partial charge in [0.2, 0.25) is 0 Å². The molecule has 37 heavy (non-hydrogen) atoms. The number of H-pyrrole nitrogens is 1. The van der Waals surface area contributed by atoms with Crippen LogP contribution in [0.1, 0.15) is 41.2 Å². The lowest BCUT2D eigenvalue weighted by molar-refractivity contribution is 0.163. The molecule has 1 atom stereocenters. The van der Waals surface area contributed by atoms with E-state index in [9.17, 15) is 4.79 Å². The van der Waals surface area contributed by atoms with Crippen LogP contribution in [0.3, 0.4) is 0 Å². The van der Waals surface area contributed by atoms with Crippen LogP contribution in [0.4, 0.5) is 0 Å². The number of methoxy groups -OCH3 is 1. The van der Waals surface area contributed by atoms with Crippen LogP contribution in [-0.2, 0) is 30.8 Å². The molecule has 0 radical (unpaired) electrons. The predicted molar refractivity (Wildman–Crippen MR) is 138 cm³/mol. The van der Waals surface area contributed by atoms with Crippen molar-refractivity contribution in [2.75, 3.05) is 13.7 Å². The third kappa shape index (κ3) is 5.50. The molecule has 0 saturated heterocycles. The summed E-state index contributed by atoms with van der Waals surface area (Å²) in [6.45, 7) is 3.90. The van der Waals surface area contributed by atoms with Crippen LogP contribution < -0.4 is 5.56 Å². The van der Waals surface area contributed by atoms with E-state index >= 15 is 0 Å². The largest absolute Gasteiger partial charge is 0.468 e. The van der Waals surface area contributed by atoms with Gasteiger partial charge >= 0.3 is 0 Å². The van der Waals surface area contributed by atoms with Crippen LogP contribution in [-0.4, -0.2) is 48.8 Å². The van der Waals surface area contributed by atoms with Crippen molar-refractivity contribution in [2.45, 2.75) is 39.0 Å². The molecule has 0 bridgehead atoms. The average Bonchev–Trinajstić information content (AvgIpc) is 3.60. The van der Waals surface area contributed by atoms with Crippen molar-refractivity contribution >= 4 is 10.9 Å². The first kappa shape index (κ1) is 24.5. The van der Waals surface area contributed by atoms with E-state index in [1.54, 1.807) is 24.3 Å². The summed E-state index contributed by atoms with van der Waals surface area (Å²) < 4.78 is 12.7. The van der Waals surface area contributed by atoms with Crippen LogP contribution in [0.5, 0.6) is 0 Å². The molecule has 190 valence electrons. The summed E-state index contributed by atoms with van der Waals surface area (Å²) in [5.41, 5.74) is 3.31. The van der Waals surface area contributed by atoms with E-state index in [2.05, 4.69) is 43.4 Å². The maximum absolute atomic E-state index is 13.6. The van der Waals surface area contributed by atoms with E-state index in [1.165, 1.54) is 5.56 Å². The average molecular weight is 500 g/mol. The van der Waals surface area contributed by atoms with Crippen LogP contribution in [0, 0.1) is 0 Å². The molecule has 0 fully saturated rings. The number of benzene rings is 1. The summed E-state index contributed by atoms with van der Waals surface area (Å²) in [6, 6.07) is 15.1. The monoisotopic (exact) mass is 499 g/mol. The fourth-order valence-corrected chi connectivity index (χ4v) is 4.51. The fraction of sp³-hybridized carbons (Fsp3) is 0.296.